The van der Waals surface area contributed by atoms with Crippen molar-refractivity contribution < 1.29 is 4.79 Å². The van der Waals surface area contributed by atoms with E-state index in [2.05, 4.69) is 20.5 Å². The Kier molecular flexibility index (Phi) is 5.23. The van der Waals surface area contributed by atoms with Gasteiger partial charge >= 0.3 is 0 Å². The van der Waals surface area contributed by atoms with Gasteiger partial charge < -0.3 is 9.88 Å². The molecule has 0 saturated carbocycles. The van der Waals surface area contributed by atoms with E-state index in [-0.39, 0.29) is 5.91 Å². The molecule has 0 atom stereocenters. The Hall–Kier alpha value is -2.97. The molecule has 1 aromatic carbocycles. The summed E-state index contributed by atoms with van der Waals surface area (Å²) in [6.07, 6.45) is 1.66. The Morgan fingerprint density at radius 2 is 1.96 bits per heavy atom. The van der Waals surface area contributed by atoms with Crippen molar-refractivity contribution in [1.82, 2.24) is 19.7 Å². The lowest BCUT2D eigenvalue weighted by atomic mass is 10.1. The molecule has 0 fully saturated rings. The predicted molar refractivity (Wildman–Crippen MR) is 112 cm³/mol. The number of hydrogen-bond donors (Lipinski definition) is 1. The number of hydrogen-bond acceptors (Lipinski definition) is 6. The molecule has 1 N–H and O–H groups in total. The van der Waals surface area contributed by atoms with E-state index in [1.807, 2.05) is 72.4 Å². The van der Waals surface area contributed by atoms with Crippen LogP contribution in [0.1, 0.15) is 16.1 Å². The number of carbonyl (C=O) groups is 1. The maximum atomic E-state index is 12.6. The number of carbonyl (C=O) groups excluding carboxylic acids is 1. The fraction of sp³-hybridized carbons (Fsp3) is 0.100. The highest BCUT2D eigenvalue weighted by molar-refractivity contribution is 7.99. The zero-order chi connectivity index (χ0) is 19.5. The van der Waals surface area contributed by atoms with Gasteiger partial charge in [0.1, 0.15) is 6.33 Å². The maximum Gasteiger partial charge on any atom is 0.257 e. The lowest BCUT2D eigenvalue weighted by molar-refractivity contribution is 0.102. The molecule has 0 radical (unpaired) electrons. The van der Waals surface area contributed by atoms with E-state index in [0.717, 1.165) is 26.3 Å². The number of anilines is 1. The number of thiophene rings is 1. The number of pyridine rings is 1. The first-order valence-electron chi connectivity index (χ1n) is 8.55. The number of aryl methyl sites for hydroxylation is 2. The van der Waals surface area contributed by atoms with Crippen LogP contribution in [-0.2, 0) is 7.05 Å². The SMILES string of the molecule is Cc1nc(-c2cccs2)ccc1C(=O)Nc1ccc(Sc2nncn2C)cc1. The third kappa shape index (κ3) is 3.97. The van der Waals surface area contributed by atoms with Gasteiger partial charge in [-0.1, -0.05) is 6.07 Å². The molecule has 4 rings (SSSR count). The number of aromatic nitrogens is 4. The fourth-order valence-corrected chi connectivity index (χ4v) is 4.10. The van der Waals surface area contributed by atoms with E-state index in [1.54, 1.807) is 17.7 Å². The van der Waals surface area contributed by atoms with Gasteiger partial charge in [-0.05, 0) is 66.5 Å². The Balaban J connectivity index is 1.45. The molecule has 0 unspecified atom stereocenters. The first-order valence-corrected chi connectivity index (χ1v) is 10.2. The smallest absolute Gasteiger partial charge is 0.257 e. The molecule has 3 heterocycles. The van der Waals surface area contributed by atoms with Gasteiger partial charge in [-0.25, -0.2) is 0 Å². The fourth-order valence-electron chi connectivity index (χ4n) is 2.64. The number of rotatable bonds is 5. The van der Waals surface area contributed by atoms with Crippen molar-refractivity contribution in [1.29, 1.82) is 0 Å². The van der Waals surface area contributed by atoms with Crippen LogP contribution in [0, 0.1) is 6.92 Å². The summed E-state index contributed by atoms with van der Waals surface area (Å²) in [5.41, 5.74) is 2.89. The molecule has 28 heavy (non-hydrogen) atoms. The summed E-state index contributed by atoms with van der Waals surface area (Å²) in [4.78, 5) is 19.3. The second kappa shape index (κ2) is 7.95. The van der Waals surface area contributed by atoms with Crippen LogP contribution in [0.25, 0.3) is 10.6 Å². The number of benzene rings is 1. The maximum absolute atomic E-state index is 12.6. The van der Waals surface area contributed by atoms with Crippen molar-refractivity contribution in [3.63, 3.8) is 0 Å². The quantitative estimate of drug-likeness (QED) is 0.521. The molecule has 0 aliphatic carbocycles. The van der Waals surface area contributed by atoms with E-state index in [9.17, 15) is 4.79 Å². The zero-order valence-corrected chi connectivity index (χ0v) is 16.9. The monoisotopic (exact) mass is 407 g/mol. The first-order chi connectivity index (χ1) is 13.6. The Labute approximate surface area is 170 Å². The summed E-state index contributed by atoms with van der Waals surface area (Å²) in [7, 11) is 1.90. The Morgan fingerprint density at radius 3 is 2.61 bits per heavy atom. The van der Waals surface area contributed by atoms with Crippen molar-refractivity contribution in [3.05, 3.63) is 71.5 Å². The summed E-state index contributed by atoms with van der Waals surface area (Å²) in [5.74, 6) is -0.170. The summed E-state index contributed by atoms with van der Waals surface area (Å²) < 4.78 is 1.86. The molecule has 3 aromatic heterocycles. The molecule has 0 aliphatic rings. The first kappa shape index (κ1) is 18.4. The second-order valence-corrected chi connectivity index (χ2v) is 8.10. The minimum absolute atomic E-state index is 0.170. The van der Waals surface area contributed by atoms with Gasteiger partial charge in [0.25, 0.3) is 5.91 Å². The lowest BCUT2D eigenvalue weighted by Gasteiger charge is -2.09. The van der Waals surface area contributed by atoms with Crippen molar-refractivity contribution in [3.8, 4) is 10.6 Å². The van der Waals surface area contributed by atoms with Crippen LogP contribution < -0.4 is 5.32 Å². The minimum Gasteiger partial charge on any atom is -0.322 e. The molecule has 0 aliphatic heterocycles. The molecule has 140 valence electrons. The van der Waals surface area contributed by atoms with Crippen LogP contribution in [0.5, 0.6) is 0 Å². The summed E-state index contributed by atoms with van der Waals surface area (Å²) in [6, 6.07) is 15.4. The third-order valence-electron chi connectivity index (χ3n) is 4.10. The molecule has 0 bridgehead atoms. The van der Waals surface area contributed by atoms with Crippen molar-refractivity contribution >= 4 is 34.7 Å². The topological polar surface area (TPSA) is 72.7 Å². The molecule has 1 amide bonds. The highest BCUT2D eigenvalue weighted by Gasteiger charge is 2.12. The average Bonchev–Trinajstić information content (AvgIpc) is 3.36. The highest BCUT2D eigenvalue weighted by Crippen LogP contribution is 2.27. The molecule has 0 spiro atoms. The van der Waals surface area contributed by atoms with Crippen LogP contribution in [-0.4, -0.2) is 25.7 Å². The van der Waals surface area contributed by atoms with Crippen LogP contribution in [0.2, 0.25) is 0 Å². The highest BCUT2D eigenvalue weighted by atomic mass is 32.2. The number of nitrogens with zero attached hydrogens (tertiary/aromatic N) is 4. The van der Waals surface area contributed by atoms with Gasteiger partial charge in [-0.2, -0.15) is 0 Å². The van der Waals surface area contributed by atoms with Crippen LogP contribution >= 0.6 is 23.1 Å². The van der Waals surface area contributed by atoms with Gasteiger partial charge in [0.05, 0.1) is 21.8 Å². The Morgan fingerprint density at radius 1 is 1.14 bits per heavy atom. The van der Waals surface area contributed by atoms with Gasteiger partial charge in [0, 0.05) is 17.6 Å². The van der Waals surface area contributed by atoms with Crippen molar-refractivity contribution in [2.24, 2.45) is 7.05 Å². The van der Waals surface area contributed by atoms with Gasteiger partial charge in [-0.15, -0.1) is 21.5 Å². The van der Waals surface area contributed by atoms with E-state index in [0.29, 0.717) is 11.3 Å². The Bertz CT molecular complexity index is 1100. The van der Waals surface area contributed by atoms with E-state index in [1.165, 1.54) is 11.8 Å². The summed E-state index contributed by atoms with van der Waals surface area (Å²) in [5, 5.41) is 13.7. The summed E-state index contributed by atoms with van der Waals surface area (Å²) >= 11 is 3.15. The minimum atomic E-state index is -0.170. The molecule has 0 saturated heterocycles. The largest absolute Gasteiger partial charge is 0.322 e. The van der Waals surface area contributed by atoms with Gasteiger partial charge in [0.2, 0.25) is 0 Å². The summed E-state index contributed by atoms with van der Waals surface area (Å²) in [6.45, 7) is 1.85. The van der Waals surface area contributed by atoms with Crippen molar-refractivity contribution in [2.45, 2.75) is 17.0 Å². The molecular formula is C20H17N5OS2. The van der Waals surface area contributed by atoms with Gasteiger partial charge in [-0.3, -0.25) is 9.78 Å². The molecule has 6 nitrogen and oxygen atoms in total. The number of nitrogens with one attached hydrogen (secondary N) is 1. The second-order valence-electron chi connectivity index (χ2n) is 6.11. The van der Waals surface area contributed by atoms with Crippen LogP contribution in [0.15, 0.2) is 70.3 Å². The van der Waals surface area contributed by atoms with E-state index in [4.69, 9.17) is 0 Å². The number of amides is 1. The molecular weight excluding hydrogens is 390 g/mol. The van der Waals surface area contributed by atoms with E-state index < -0.39 is 0 Å². The van der Waals surface area contributed by atoms with Crippen LogP contribution in [0.3, 0.4) is 0 Å². The van der Waals surface area contributed by atoms with Crippen molar-refractivity contribution in [2.75, 3.05) is 5.32 Å². The normalized spacial score (nSPS) is 10.8. The predicted octanol–water partition coefficient (Wildman–Crippen LogP) is 4.65. The third-order valence-corrected chi connectivity index (χ3v) is 6.05. The average molecular weight is 408 g/mol. The lowest BCUT2D eigenvalue weighted by Crippen LogP contribution is -2.14. The van der Waals surface area contributed by atoms with Gasteiger partial charge in [0.15, 0.2) is 5.16 Å². The van der Waals surface area contributed by atoms with E-state index >= 15 is 0 Å². The molecule has 8 heteroatoms. The van der Waals surface area contributed by atoms with Crippen LogP contribution in [0.4, 0.5) is 5.69 Å². The standard InChI is InChI=1S/C20H17N5OS2/c1-13-16(9-10-17(22-13)18-4-3-11-27-18)19(26)23-14-5-7-15(8-6-14)28-20-24-21-12-25(20)2/h3-12H,1-2H3,(H,23,26). The zero-order valence-electron chi connectivity index (χ0n) is 15.3. The molecule has 4 aromatic rings.